The van der Waals surface area contributed by atoms with E-state index in [1.807, 2.05) is 13.8 Å². The average Bonchev–Trinajstić information content (AvgIpc) is 2.75. The van der Waals surface area contributed by atoms with Crippen molar-refractivity contribution in [2.75, 3.05) is 10.6 Å². The number of H-pyrrole nitrogens is 1. The van der Waals surface area contributed by atoms with Crippen LogP contribution in [0.15, 0.2) is 47.4 Å². The lowest BCUT2D eigenvalue weighted by Crippen LogP contribution is -2.17. The summed E-state index contributed by atoms with van der Waals surface area (Å²) in [4.78, 5) is 31.2. The Balaban J connectivity index is 1.91. The lowest BCUT2D eigenvalue weighted by molar-refractivity contribution is -0.142. The fourth-order valence-corrected chi connectivity index (χ4v) is 3.37. The Morgan fingerprint density at radius 2 is 1.88 bits per heavy atom. The standard InChI is InChI=1S/C23H21ClF4N4O2/c1-12(2)21-18(11-16(22(34)32-21)15-9-13(24)3-4-17(15)25)30-14-6-8-29-19(10-14)31-20(33)5-7-23(26,27)28/h3-4,6,8-12H,5,7H2,1-2H3,(H,32,34)(H2,29,30,31,33). The Labute approximate surface area is 197 Å². The maximum atomic E-state index is 14.4. The van der Waals surface area contributed by atoms with E-state index in [1.165, 1.54) is 30.5 Å². The number of alkyl halides is 3. The van der Waals surface area contributed by atoms with Crippen molar-refractivity contribution in [2.45, 2.75) is 38.8 Å². The molecular weight excluding hydrogens is 476 g/mol. The number of hydrogen-bond donors (Lipinski definition) is 3. The van der Waals surface area contributed by atoms with Gasteiger partial charge in [0.05, 0.1) is 17.7 Å². The fourth-order valence-electron chi connectivity index (χ4n) is 3.20. The van der Waals surface area contributed by atoms with Gasteiger partial charge < -0.3 is 15.6 Å². The van der Waals surface area contributed by atoms with Gasteiger partial charge in [-0.1, -0.05) is 25.4 Å². The first kappa shape index (κ1) is 25.2. The van der Waals surface area contributed by atoms with Gasteiger partial charge in [0.25, 0.3) is 5.56 Å². The van der Waals surface area contributed by atoms with E-state index >= 15 is 0 Å². The summed E-state index contributed by atoms with van der Waals surface area (Å²) in [6, 6.07) is 8.38. The molecule has 0 atom stereocenters. The van der Waals surface area contributed by atoms with Crippen LogP contribution in [-0.2, 0) is 4.79 Å². The first-order chi connectivity index (χ1) is 15.9. The van der Waals surface area contributed by atoms with Crippen molar-refractivity contribution in [3.8, 4) is 11.1 Å². The zero-order chi connectivity index (χ0) is 25.0. The number of pyridine rings is 2. The minimum atomic E-state index is -4.44. The van der Waals surface area contributed by atoms with Crippen LogP contribution in [0.5, 0.6) is 0 Å². The van der Waals surface area contributed by atoms with Crippen LogP contribution < -0.4 is 16.2 Å². The molecule has 0 fully saturated rings. The summed E-state index contributed by atoms with van der Waals surface area (Å²) in [5.41, 5.74) is 1.03. The highest BCUT2D eigenvalue weighted by Crippen LogP contribution is 2.31. The second-order valence-corrected chi connectivity index (χ2v) is 8.27. The molecule has 34 heavy (non-hydrogen) atoms. The zero-order valence-electron chi connectivity index (χ0n) is 18.2. The summed E-state index contributed by atoms with van der Waals surface area (Å²) in [6.45, 7) is 3.71. The van der Waals surface area contributed by atoms with E-state index in [1.54, 1.807) is 6.07 Å². The number of nitrogens with zero attached hydrogens (tertiary/aromatic N) is 1. The summed E-state index contributed by atoms with van der Waals surface area (Å²) in [7, 11) is 0. The number of benzene rings is 1. The minimum absolute atomic E-state index is 0.0273. The van der Waals surface area contributed by atoms with Gasteiger partial charge in [-0.05, 0) is 36.2 Å². The van der Waals surface area contributed by atoms with E-state index < -0.39 is 36.3 Å². The lowest BCUT2D eigenvalue weighted by Gasteiger charge is -2.17. The van der Waals surface area contributed by atoms with Gasteiger partial charge in [0.15, 0.2) is 0 Å². The van der Waals surface area contributed by atoms with Gasteiger partial charge in [-0.2, -0.15) is 13.2 Å². The van der Waals surface area contributed by atoms with Crippen molar-refractivity contribution in [3.63, 3.8) is 0 Å². The number of carbonyl (C=O) groups is 1. The van der Waals surface area contributed by atoms with Crippen LogP contribution >= 0.6 is 11.6 Å². The highest BCUT2D eigenvalue weighted by molar-refractivity contribution is 6.30. The van der Waals surface area contributed by atoms with E-state index in [2.05, 4.69) is 20.6 Å². The Kier molecular flexibility index (Phi) is 7.61. The van der Waals surface area contributed by atoms with Crippen LogP contribution in [0.4, 0.5) is 34.8 Å². The third kappa shape index (κ3) is 6.57. The van der Waals surface area contributed by atoms with Crippen LogP contribution in [0.1, 0.15) is 38.3 Å². The molecule has 180 valence electrons. The molecule has 0 aliphatic rings. The quantitative estimate of drug-likeness (QED) is 0.331. The number of hydrogen-bond acceptors (Lipinski definition) is 4. The van der Waals surface area contributed by atoms with E-state index in [0.29, 0.717) is 17.1 Å². The molecule has 2 heterocycles. The van der Waals surface area contributed by atoms with Gasteiger partial charge in [0.2, 0.25) is 5.91 Å². The van der Waals surface area contributed by atoms with Crippen LogP contribution in [-0.4, -0.2) is 22.1 Å². The molecule has 0 saturated carbocycles. The Morgan fingerprint density at radius 1 is 1.15 bits per heavy atom. The smallest absolute Gasteiger partial charge is 0.354 e. The number of anilines is 3. The molecule has 1 aromatic carbocycles. The topological polar surface area (TPSA) is 86.9 Å². The van der Waals surface area contributed by atoms with Gasteiger partial charge in [0, 0.05) is 40.7 Å². The largest absolute Gasteiger partial charge is 0.389 e. The first-order valence-corrected chi connectivity index (χ1v) is 10.6. The van der Waals surface area contributed by atoms with Crippen LogP contribution in [0.2, 0.25) is 5.02 Å². The molecular formula is C23H21ClF4N4O2. The molecule has 0 aliphatic carbocycles. The number of carbonyl (C=O) groups excluding carboxylic acids is 1. The van der Waals surface area contributed by atoms with Crippen LogP contribution in [0.25, 0.3) is 11.1 Å². The second kappa shape index (κ2) is 10.3. The van der Waals surface area contributed by atoms with Crippen molar-refractivity contribution < 1.29 is 22.4 Å². The SMILES string of the molecule is CC(C)c1[nH]c(=O)c(-c2cc(Cl)ccc2F)cc1Nc1ccnc(NC(=O)CCC(F)(F)F)c1. The van der Waals surface area contributed by atoms with Gasteiger partial charge in [-0.15, -0.1) is 0 Å². The van der Waals surface area contributed by atoms with Crippen molar-refractivity contribution in [1.29, 1.82) is 0 Å². The number of amides is 1. The van der Waals surface area contributed by atoms with Crippen molar-refractivity contribution in [3.05, 3.63) is 69.5 Å². The Bertz CT molecular complexity index is 1260. The normalized spacial score (nSPS) is 11.5. The van der Waals surface area contributed by atoms with E-state index in [-0.39, 0.29) is 27.9 Å². The predicted molar refractivity (Wildman–Crippen MR) is 123 cm³/mol. The third-order valence-electron chi connectivity index (χ3n) is 4.81. The number of nitrogens with one attached hydrogen (secondary N) is 3. The molecule has 0 radical (unpaired) electrons. The monoisotopic (exact) mass is 496 g/mol. The van der Waals surface area contributed by atoms with Gasteiger partial charge in [-0.3, -0.25) is 9.59 Å². The maximum Gasteiger partial charge on any atom is 0.389 e. The summed E-state index contributed by atoms with van der Waals surface area (Å²) < 4.78 is 51.4. The molecule has 3 rings (SSSR count). The molecule has 2 aromatic heterocycles. The number of rotatable bonds is 7. The van der Waals surface area contributed by atoms with Crippen molar-refractivity contribution in [1.82, 2.24) is 9.97 Å². The van der Waals surface area contributed by atoms with Gasteiger partial charge in [0.1, 0.15) is 11.6 Å². The maximum absolute atomic E-state index is 14.4. The van der Waals surface area contributed by atoms with Crippen LogP contribution in [0.3, 0.4) is 0 Å². The molecule has 0 bridgehead atoms. The molecule has 3 N–H and O–H groups in total. The molecule has 3 aromatic rings. The Hall–Kier alpha value is -3.40. The molecule has 6 nitrogen and oxygen atoms in total. The van der Waals surface area contributed by atoms with Gasteiger partial charge in [-0.25, -0.2) is 9.37 Å². The zero-order valence-corrected chi connectivity index (χ0v) is 18.9. The van der Waals surface area contributed by atoms with E-state index in [4.69, 9.17) is 11.6 Å². The lowest BCUT2D eigenvalue weighted by atomic mass is 10.0. The number of halogens is 5. The summed E-state index contributed by atoms with van der Waals surface area (Å²) in [5.74, 6) is -1.51. The fraction of sp³-hybridized carbons (Fsp3) is 0.261. The van der Waals surface area contributed by atoms with Crippen molar-refractivity contribution in [2.24, 2.45) is 0 Å². The highest BCUT2D eigenvalue weighted by Gasteiger charge is 2.28. The summed E-state index contributed by atoms with van der Waals surface area (Å²) >= 11 is 5.98. The number of aromatic amines is 1. The third-order valence-corrected chi connectivity index (χ3v) is 5.04. The van der Waals surface area contributed by atoms with Crippen molar-refractivity contribution >= 4 is 34.7 Å². The summed E-state index contributed by atoms with van der Waals surface area (Å²) in [6.07, 6.45) is -5.05. The number of aromatic nitrogens is 2. The summed E-state index contributed by atoms with van der Waals surface area (Å²) in [5, 5.41) is 5.69. The average molecular weight is 497 g/mol. The van der Waals surface area contributed by atoms with E-state index in [0.717, 1.165) is 6.07 Å². The van der Waals surface area contributed by atoms with Crippen LogP contribution in [0, 0.1) is 5.82 Å². The van der Waals surface area contributed by atoms with Gasteiger partial charge >= 0.3 is 6.18 Å². The predicted octanol–water partition coefficient (Wildman–Crippen LogP) is 6.38. The molecule has 0 saturated heterocycles. The second-order valence-electron chi connectivity index (χ2n) is 7.84. The molecule has 1 amide bonds. The Morgan fingerprint density at radius 3 is 2.56 bits per heavy atom. The molecule has 11 heteroatoms. The first-order valence-electron chi connectivity index (χ1n) is 10.3. The minimum Gasteiger partial charge on any atom is -0.354 e. The molecule has 0 aliphatic heterocycles. The van der Waals surface area contributed by atoms with E-state index in [9.17, 15) is 27.2 Å². The molecule has 0 unspecified atom stereocenters. The highest BCUT2D eigenvalue weighted by atomic mass is 35.5. The molecule has 0 spiro atoms.